The maximum Gasteiger partial charge on any atom is 0.162 e. The number of ether oxygens (including phenoxy) is 1. The molecule has 2 aliphatic carbocycles. The molecule has 0 bridgehead atoms. The van der Waals surface area contributed by atoms with Crippen molar-refractivity contribution in [3.63, 3.8) is 0 Å². The number of halogens is 1. The molecule has 0 radical (unpaired) electrons. The summed E-state index contributed by atoms with van der Waals surface area (Å²) in [5, 5.41) is 0. The summed E-state index contributed by atoms with van der Waals surface area (Å²) in [7, 11) is 0. The predicted octanol–water partition coefficient (Wildman–Crippen LogP) is 8.29. The zero-order valence-electron chi connectivity index (χ0n) is 24.9. The standard InChI is InChI=1S/C37H38FNO3/c1-36(2)18-28-34(30(40)20-36)33(26-15-9-11-17-32(26)42-23-25-14-8-10-16-27(25)38)35-29(19-37(3,4)21-31(35)41)39(28)22-24-12-6-5-7-13-24/h5-17,33H,18-23H2,1-4H3. The average Bonchev–Trinajstić information content (AvgIpc) is 2.93. The van der Waals surface area contributed by atoms with E-state index < -0.39 is 5.92 Å². The van der Waals surface area contributed by atoms with E-state index in [0.29, 0.717) is 41.8 Å². The second kappa shape index (κ2) is 10.7. The van der Waals surface area contributed by atoms with Crippen LogP contribution in [0.25, 0.3) is 0 Å². The minimum absolute atomic E-state index is 0.0519. The van der Waals surface area contributed by atoms with E-state index >= 15 is 0 Å². The van der Waals surface area contributed by atoms with Gasteiger partial charge in [0, 0.05) is 59.0 Å². The van der Waals surface area contributed by atoms with Crippen molar-refractivity contribution in [2.24, 2.45) is 10.8 Å². The number of benzene rings is 3. The SMILES string of the molecule is CC1(C)CC(=O)C2=C(C1)N(Cc1ccccc1)C1=C(C(=O)CC(C)(C)C1)C2c1ccccc1OCc1ccccc1F. The summed E-state index contributed by atoms with van der Waals surface area (Å²) in [5.74, 6) is -0.120. The Morgan fingerprint density at radius 2 is 1.29 bits per heavy atom. The van der Waals surface area contributed by atoms with Crippen LogP contribution in [0.15, 0.2) is 101 Å². The normalized spacial score (nSPS) is 20.0. The highest BCUT2D eigenvalue weighted by Crippen LogP contribution is 2.55. The molecule has 216 valence electrons. The average molecular weight is 564 g/mol. The number of hydrogen-bond acceptors (Lipinski definition) is 4. The third kappa shape index (κ3) is 5.33. The van der Waals surface area contributed by atoms with Gasteiger partial charge in [0.2, 0.25) is 0 Å². The highest BCUT2D eigenvalue weighted by molar-refractivity contribution is 6.07. The van der Waals surface area contributed by atoms with Crippen LogP contribution in [0.2, 0.25) is 0 Å². The first-order valence-corrected chi connectivity index (χ1v) is 14.8. The van der Waals surface area contributed by atoms with Crippen LogP contribution in [0.1, 0.15) is 76.0 Å². The second-order valence-electron chi connectivity index (χ2n) is 13.5. The van der Waals surface area contributed by atoms with E-state index in [1.807, 2.05) is 42.5 Å². The number of nitrogens with zero attached hydrogens (tertiary/aromatic N) is 1. The molecule has 3 aliphatic rings. The lowest BCUT2D eigenvalue weighted by Gasteiger charge is -2.49. The topological polar surface area (TPSA) is 46.6 Å². The zero-order chi connectivity index (χ0) is 29.6. The molecule has 3 aromatic carbocycles. The molecule has 0 saturated heterocycles. The Balaban J connectivity index is 1.53. The van der Waals surface area contributed by atoms with E-state index in [1.165, 1.54) is 6.07 Å². The van der Waals surface area contributed by atoms with Crippen LogP contribution in [0.5, 0.6) is 5.75 Å². The van der Waals surface area contributed by atoms with Gasteiger partial charge in [0.05, 0.1) is 0 Å². The van der Waals surface area contributed by atoms with Crippen LogP contribution in [-0.4, -0.2) is 16.5 Å². The van der Waals surface area contributed by atoms with Crippen LogP contribution < -0.4 is 4.74 Å². The largest absolute Gasteiger partial charge is 0.488 e. The third-order valence-corrected chi connectivity index (χ3v) is 8.78. The van der Waals surface area contributed by atoms with E-state index in [0.717, 1.165) is 35.4 Å². The molecule has 0 amide bonds. The maximum atomic E-state index is 14.5. The van der Waals surface area contributed by atoms with Crippen molar-refractivity contribution in [3.8, 4) is 5.75 Å². The Kier molecular flexibility index (Phi) is 7.16. The highest BCUT2D eigenvalue weighted by atomic mass is 19.1. The van der Waals surface area contributed by atoms with Gasteiger partial charge in [-0.15, -0.1) is 0 Å². The van der Waals surface area contributed by atoms with Crippen molar-refractivity contribution >= 4 is 11.6 Å². The maximum absolute atomic E-state index is 14.5. The Hall–Kier alpha value is -3.99. The first-order chi connectivity index (χ1) is 20.0. The van der Waals surface area contributed by atoms with Gasteiger partial charge in [0.15, 0.2) is 11.6 Å². The van der Waals surface area contributed by atoms with E-state index in [1.54, 1.807) is 18.2 Å². The molecule has 1 heterocycles. The highest BCUT2D eigenvalue weighted by Gasteiger charge is 2.49. The minimum atomic E-state index is -0.522. The molecule has 0 saturated carbocycles. The summed E-state index contributed by atoms with van der Waals surface area (Å²) in [6.07, 6.45) is 2.31. The molecule has 0 unspecified atom stereocenters. The van der Waals surface area contributed by atoms with Crippen molar-refractivity contribution in [1.29, 1.82) is 0 Å². The van der Waals surface area contributed by atoms with Crippen molar-refractivity contribution in [2.75, 3.05) is 0 Å². The Morgan fingerprint density at radius 1 is 0.738 bits per heavy atom. The van der Waals surface area contributed by atoms with E-state index in [9.17, 15) is 14.0 Å². The molecule has 42 heavy (non-hydrogen) atoms. The minimum Gasteiger partial charge on any atom is -0.488 e. The van der Waals surface area contributed by atoms with Gasteiger partial charge in [-0.05, 0) is 41.4 Å². The van der Waals surface area contributed by atoms with Gasteiger partial charge in [0.25, 0.3) is 0 Å². The fourth-order valence-electron chi connectivity index (χ4n) is 6.94. The van der Waals surface area contributed by atoms with Crippen molar-refractivity contribution in [3.05, 3.63) is 124 Å². The third-order valence-electron chi connectivity index (χ3n) is 8.78. The van der Waals surface area contributed by atoms with Crippen LogP contribution in [0.3, 0.4) is 0 Å². The van der Waals surface area contributed by atoms with Crippen LogP contribution in [-0.2, 0) is 22.7 Å². The molecule has 3 aromatic rings. The lowest BCUT2D eigenvalue weighted by molar-refractivity contribution is -0.119. The first-order valence-electron chi connectivity index (χ1n) is 14.8. The lowest BCUT2D eigenvalue weighted by Crippen LogP contribution is -2.44. The van der Waals surface area contributed by atoms with Crippen LogP contribution in [0.4, 0.5) is 4.39 Å². The van der Waals surface area contributed by atoms with Crippen molar-refractivity contribution in [2.45, 2.75) is 72.4 Å². The first kappa shape index (κ1) is 28.1. The van der Waals surface area contributed by atoms with Gasteiger partial charge in [-0.25, -0.2) is 4.39 Å². The van der Waals surface area contributed by atoms with Crippen LogP contribution >= 0.6 is 0 Å². The predicted molar refractivity (Wildman–Crippen MR) is 162 cm³/mol. The fraction of sp³-hybridized carbons (Fsp3) is 0.351. The number of Topliss-reactive ketones (excluding diaryl/α,β-unsaturated/α-hetero) is 2. The van der Waals surface area contributed by atoms with Gasteiger partial charge < -0.3 is 9.64 Å². The number of hydrogen-bond donors (Lipinski definition) is 0. The van der Waals surface area contributed by atoms with Gasteiger partial charge in [-0.1, -0.05) is 94.4 Å². The lowest BCUT2D eigenvalue weighted by atomic mass is 9.63. The van der Waals surface area contributed by atoms with Gasteiger partial charge in [-0.2, -0.15) is 0 Å². The quantitative estimate of drug-likeness (QED) is 0.303. The van der Waals surface area contributed by atoms with E-state index in [4.69, 9.17) is 4.74 Å². The number of para-hydroxylation sites is 1. The Labute approximate surface area is 247 Å². The summed E-state index contributed by atoms with van der Waals surface area (Å²) in [4.78, 5) is 30.6. The molecule has 0 N–H and O–H groups in total. The number of ketones is 2. The molecule has 4 nitrogen and oxygen atoms in total. The Morgan fingerprint density at radius 3 is 1.90 bits per heavy atom. The second-order valence-corrected chi connectivity index (χ2v) is 13.5. The van der Waals surface area contributed by atoms with Crippen molar-refractivity contribution in [1.82, 2.24) is 4.90 Å². The van der Waals surface area contributed by atoms with Gasteiger partial charge >= 0.3 is 0 Å². The summed E-state index contributed by atoms with van der Waals surface area (Å²) in [5.41, 5.74) is 5.40. The zero-order valence-corrected chi connectivity index (χ0v) is 24.9. The number of carbonyl (C=O) groups excluding carboxylic acids is 2. The Bertz CT molecular complexity index is 1560. The molecular weight excluding hydrogens is 525 g/mol. The molecule has 0 aromatic heterocycles. The number of carbonyl (C=O) groups is 2. The molecule has 0 fully saturated rings. The van der Waals surface area contributed by atoms with Crippen LogP contribution in [0, 0.1) is 16.6 Å². The van der Waals surface area contributed by atoms with Crippen molar-refractivity contribution < 1.29 is 18.7 Å². The number of rotatable bonds is 6. The summed E-state index contributed by atoms with van der Waals surface area (Å²) in [6.45, 7) is 9.25. The monoisotopic (exact) mass is 563 g/mol. The molecule has 5 heteroatoms. The van der Waals surface area contributed by atoms with Gasteiger partial charge in [0.1, 0.15) is 18.2 Å². The molecule has 6 rings (SSSR count). The van der Waals surface area contributed by atoms with E-state index in [-0.39, 0.29) is 34.8 Å². The molecule has 1 aliphatic heterocycles. The van der Waals surface area contributed by atoms with Gasteiger partial charge in [-0.3, -0.25) is 9.59 Å². The summed E-state index contributed by atoms with van der Waals surface area (Å²) < 4.78 is 20.7. The smallest absolute Gasteiger partial charge is 0.162 e. The molecule has 0 atom stereocenters. The molecule has 0 spiro atoms. The summed E-state index contributed by atoms with van der Waals surface area (Å²) in [6, 6.07) is 24.5. The van der Waals surface area contributed by atoms with E-state index in [2.05, 4.69) is 44.7 Å². The summed E-state index contributed by atoms with van der Waals surface area (Å²) >= 11 is 0. The molecular formula is C37H38FNO3. The number of allylic oxidation sites excluding steroid dienone is 4. The fourth-order valence-corrected chi connectivity index (χ4v) is 6.94.